The van der Waals surface area contributed by atoms with Gasteiger partial charge in [-0.25, -0.2) is 26.3 Å². The monoisotopic (exact) mass is 373 g/mol. The molecule has 2 fully saturated rings. The molecular formula is C15H23N3O4S2. The molecule has 2 atom stereocenters. The molecule has 2 unspecified atom stereocenters. The van der Waals surface area contributed by atoms with Crippen molar-refractivity contribution in [3.63, 3.8) is 0 Å². The van der Waals surface area contributed by atoms with E-state index in [2.05, 4.69) is 14.8 Å². The molecule has 1 aromatic carbocycles. The molecule has 24 heavy (non-hydrogen) atoms. The van der Waals surface area contributed by atoms with E-state index in [-0.39, 0.29) is 23.2 Å². The highest BCUT2D eigenvalue weighted by Crippen LogP contribution is 2.27. The third-order valence-electron chi connectivity index (χ3n) is 4.54. The van der Waals surface area contributed by atoms with Crippen molar-refractivity contribution < 1.29 is 16.8 Å². The lowest BCUT2D eigenvalue weighted by Crippen LogP contribution is -2.49. The van der Waals surface area contributed by atoms with Gasteiger partial charge in [0.25, 0.3) is 0 Å². The molecule has 2 heterocycles. The summed E-state index contributed by atoms with van der Waals surface area (Å²) in [6.45, 7) is -0.148. The number of benzene rings is 1. The van der Waals surface area contributed by atoms with Gasteiger partial charge in [-0.15, -0.1) is 0 Å². The van der Waals surface area contributed by atoms with Crippen LogP contribution in [0.2, 0.25) is 0 Å². The van der Waals surface area contributed by atoms with E-state index >= 15 is 0 Å². The summed E-state index contributed by atoms with van der Waals surface area (Å²) < 4.78 is 53.6. The minimum absolute atomic E-state index is 0.0560. The lowest BCUT2D eigenvalue weighted by atomic mass is 10.0. The van der Waals surface area contributed by atoms with Gasteiger partial charge in [0, 0.05) is 24.7 Å². The van der Waals surface area contributed by atoms with Gasteiger partial charge in [-0.05, 0) is 37.8 Å². The van der Waals surface area contributed by atoms with Crippen molar-refractivity contribution in [2.45, 2.75) is 48.7 Å². The summed E-state index contributed by atoms with van der Waals surface area (Å²) in [5, 5.41) is 3.46. The predicted octanol–water partition coefficient (Wildman–Crippen LogP) is 0.167. The topological polar surface area (TPSA) is 104 Å². The summed E-state index contributed by atoms with van der Waals surface area (Å²) in [7, 11) is -7.19. The van der Waals surface area contributed by atoms with Crippen molar-refractivity contribution in [1.29, 1.82) is 0 Å². The molecule has 0 saturated carbocycles. The average molecular weight is 374 g/mol. The maximum Gasteiger partial charge on any atom is 0.240 e. The van der Waals surface area contributed by atoms with Crippen molar-refractivity contribution in [2.24, 2.45) is 0 Å². The quantitative estimate of drug-likeness (QED) is 0.632. The summed E-state index contributed by atoms with van der Waals surface area (Å²) in [6.07, 6.45) is 3.79. The van der Waals surface area contributed by atoms with Crippen LogP contribution in [0.15, 0.2) is 35.2 Å². The van der Waals surface area contributed by atoms with Crippen LogP contribution in [0.5, 0.6) is 0 Å². The Labute approximate surface area is 143 Å². The summed E-state index contributed by atoms with van der Waals surface area (Å²) in [5.41, 5.74) is 0. The molecule has 3 N–H and O–H groups in total. The molecule has 1 aromatic rings. The Morgan fingerprint density at radius 3 is 2.25 bits per heavy atom. The SMILES string of the molecule is O=S(=O)(CCNS(=O)(=O)c1ccccc1)NC1CC2CCC(C1)N2. The van der Waals surface area contributed by atoms with Crippen molar-refractivity contribution in [2.75, 3.05) is 12.3 Å². The van der Waals surface area contributed by atoms with Gasteiger partial charge < -0.3 is 5.32 Å². The normalized spacial score (nSPS) is 27.2. The van der Waals surface area contributed by atoms with Gasteiger partial charge in [0.2, 0.25) is 20.0 Å². The summed E-state index contributed by atoms with van der Waals surface area (Å²) in [6, 6.07) is 8.65. The Kier molecular flexibility index (Phi) is 5.26. The van der Waals surface area contributed by atoms with Gasteiger partial charge in [-0.1, -0.05) is 18.2 Å². The van der Waals surface area contributed by atoms with E-state index in [1.807, 2.05) is 0 Å². The second-order valence-corrected chi connectivity index (χ2v) is 10.1. The van der Waals surface area contributed by atoms with E-state index < -0.39 is 20.0 Å². The van der Waals surface area contributed by atoms with E-state index in [9.17, 15) is 16.8 Å². The fourth-order valence-electron chi connectivity index (χ4n) is 3.46. The first-order chi connectivity index (χ1) is 11.3. The number of rotatable bonds is 7. The van der Waals surface area contributed by atoms with E-state index in [1.165, 1.54) is 12.1 Å². The summed E-state index contributed by atoms with van der Waals surface area (Å²) in [5.74, 6) is -0.266. The van der Waals surface area contributed by atoms with Gasteiger partial charge in [0.1, 0.15) is 0 Å². The molecule has 3 rings (SSSR count). The first kappa shape index (κ1) is 17.8. The number of piperidine rings is 1. The Balaban J connectivity index is 1.50. The molecular weight excluding hydrogens is 350 g/mol. The van der Waals surface area contributed by atoms with Crippen LogP contribution >= 0.6 is 0 Å². The number of sulfonamides is 2. The van der Waals surface area contributed by atoms with Crippen LogP contribution in [0.1, 0.15) is 25.7 Å². The largest absolute Gasteiger partial charge is 0.311 e. The molecule has 9 heteroatoms. The molecule has 2 aliphatic heterocycles. The molecule has 2 bridgehead atoms. The zero-order valence-corrected chi connectivity index (χ0v) is 14.9. The van der Waals surface area contributed by atoms with Gasteiger partial charge in [0.05, 0.1) is 10.6 Å². The second-order valence-electron chi connectivity index (χ2n) is 6.45. The smallest absolute Gasteiger partial charge is 0.240 e. The van der Waals surface area contributed by atoms with Crippen LogP contribution in [0.3, 0.4) is 0 Å². The van der Waals surface area contributed by atoms with E-state index in [0.29, 0.717) is 12.1 Å². The fraction of sp³-hybridized carbons (Fsp3) is 0.600. The Morgan fingerprint density at radius 2 is 1.62 bits per heavy atom. The minimum atomic E-state index is -3.68. The number of nitrogens with one attached hydrogen (secondary N) is 3. The second kappa shape index (κ2) is 7.09. The molecule has 2 saturated heterocycles. The Morgan fingerprint density at radius 1 is 1.00 bits per heavy atom. The summed E-state index contributed by atoms with van der Waals surface area (Å²) >= 11 is 0. The number of hydrogen-bond donors (Lipinski definition) is 3. The van der Waals surface area contributed by atoms with Crippen LogP contribution < -0.4 is 14.8 Å². The first-order valence-corrected chi connectivity index (χ1v) is 11.3. The molecule has 0 radical (unpaired) electrons. The molecule has 0 aliphatic carbocycles. The van der Waals surface area contributed by atoms with Gasteiger partial charge >= 0.3 is 0 Å². The molecule has 0 aromatic heterocycles. The van der Waals surface area contributed by atoms with Crippen LogP contribution in [0.4, 0.5) is 0 Å². The molecule has 0 spiro atoms. The van der Waals surface area contributed by atoms with Crippen molar-refractivity contribution in [1.82, 2.24) is 14.8 Å². The number of fused-ring (bicyclic) bond motifs is 2. The molecule has 0 amide bonds. The predicted molar refractivity (Wildman–Crippen MR) is 91.5 cm³/mol. The van der Waals surface area contributed by atoms with Gasteiger partial charge in [-0.3, -0.25) is 0 Å². The minimum Gasteiger partial charge on any atom is -0.311 e. The standard InChI is InChI=1S/C15H23N3O4S2/c19-23(20,18-14-10-12-6-7-13(11-14)17-12)9-8-16-24(21,22)15-4-2-1-3-5-15/h1-5,12-14,16-18H,6-11H2. The molecule has 2 aliphatic rings. The van der Waals surface area contributed by atoms with E-state index in [1.54, 1.807) is 18.2 Å². The van der Waals surface area contributed by atoms with Gasteiger partial charge in [-0.2, -0.15) is 0 Å². The first-order valence-electron chi connectivity index (χ1n) is 8.15. The third-order valence-corrected chi connectivity index (χ3v) is 7.45. The Bertz CT molecular complexity index is 753. The molecule has 7 nitrogen and oxygen atoms in total. The van der Waals surface area contributed by atoms with Gasteiger partial charge in [0.15, 0.2) is 0 Å². The summed E-state index contributed by atoms with van der Waals surface area (Å²) in [4.78, 5) is 0.130. The van der Waals surface area contributed by atoms with E-state index in [0.717, 1.165) is 25.7 Å². The van der Waals surface area contributed by atoms with Crippen molar-refractivity contribution in [3.8, 4) is 0 Å². The fourth-order valence-corrected chi connectivity index (χ4v) is 5.83. The van der Waals surface area contributed by atoms with Crippen molar-refractivity contribution in [3.05, 3.63) is 30.3 Å². The zero-order chi connectivity index (χ0) is 17.2. The van der Waals surface area contributed by atoms with Crippen LogP contribution in [-0.2, 0) is 20.0 Å². The highest BCUT2D eigenvalue weighted by molar-refractivity contribution is 7.90. The Hall–Kier alpha value is -1.00. The van der Waals surface area contributed by atoms with E-state index in [4.69, 9.17) is 0 Å². The van der Waals surface area contributed by atoms with Crippen molar-refractivity contribution >= 4 is 20.0 Å². The number of hydrogen-bond acceptors (Lipinski definition) is 5. The lowest BCUT2D eigenvalue weighted by molar-refractivity contribution is 0.345. The third kappa shape index (κ3) is 4.54. The zero-order valence-electron chi connectivity index (χ0n) is 13.3. The highest BCUT2D eigenvalue weighted by atomic mass is 32.2. The highest BCUT2D eigenvalue weighted by Gasteiger charge is 2.35. The average Bonchev–Trinajstić information content (AvgIpc) is 2.86. The lowest BCUT2D eigenvalue weighted by Gasteiger charge is -2.29. The maximum atomic E-state index is 12.2. The van der Waals surface area contributed by atoms with Crippen LogP contribution in [-0.4, -0.2) is 47.3 Å². The van der Waals surface area contributed by atoms with Crippen LogP contribution in [0, 0.1) is 0 Å². The molecule has 134 valence electrons. The maximum absolute atomic E-state index is 12.2. The van der Waals surface area contributed by atoms with Crippen LogP contribution in [0.25, 0.3) is 0 Å².